The number of nitrogens with one attached hydrogen (secondary N) is 3. The van der Waals surface area contributed by atoms with Gasteiger partial charge in [-0.3, -0.25) is 10.2 Å². The monoisotopic (exact) mass is 686 g/mol. The molecule has 0 aromatic heterocycles. The Morgan fingerprint density at radius 3 is 2.29 bits per heavy atom. The van der Waals surface area contributed by atoms with Crippen LogP contribution in [0.3, 0.4) is 0 Å². The molecule has 1 heterocycles. The molecule has 3 N–H and O–H groups in total. The molecule has 0 aliphatic carbocycles. The van der Waals surface area contributed by atoms with E-state index in [4.69, 9.17) is 30.5 Å². The number of anilines is 2. The maximum absolute atomic E-state index is 13.5. The lowest BCUT2D eigenvalue weighted by Gasteiger charge is -2.30. The van der Waals surface area contributed by atoms with Crippen molar-refractivity contribution in [3.63, 3.8) is 0 Å². The molecular weight excluding hydrogens is 648 g/mol. The average molecular weight is 687 g/mol. The lowest BCUT2D eigenvalue weighted by atomic mass is 10.1. The normalized spacial score (nSPS) is 15.7. The number of hydrogen-bond acceptors (Lipinski definition) is 8. The van der Waals surface area contributed by atoms with Crippen LogP contribution in [0.15, 0.2) is 97.1 Å². The fourth-order valence-electron chi connectivity index (χ4n) is 5.54. The van der Waals surface area contributed by atoms with Gasteiger partial charge in [0.25, 0.3) is 0 Å². The minimum absolute atomic E-state index is 0.0608. The number of ether oxygens (including phenoxy) is 4. The van der Waals surface area contributed by atoms with Crippen LogP contribution >= 0.6 is 11.6 Å². The highest BCUT2D eigenvalue weighted by molar-refractivity contribution is 6.33. The van der Waals surface area contributed by atoms with Crippen molar-refractivity contribution in [1.82, 2.24) is 10.4 Å². The van der Waals surface area contributed by atoms with Gasteiger partial charge in [0.1, 0.15) is 18.1 Å². The van der Waals surface area contributed by atoms with E-state index in [2.05, 4.69) is 16.1 Å². The van der Waals surface area contributed by atoms with Crippen molar-refractivity contribution in [2.45, 2.75) is 38.0 Å². The van der Waals surface area contributed by atoms with Gasteiger partial charge < -0.3 is 29.6 Å². The quantitative estimate of drug-likeness (QED) is 0.129. The SMILES string of the molecule is COC(=O)c1cccc(OC[C@@H]2CC[C@H](COCc3ccccc3)N2NC(=O)Cc2ccc(NC(=O)Nc3ccccc3Cl)c(OC)c2)c1. The van der Waals surface area contributed by atoms with E-state index < -0.39 is 12.0 Å². The molecule has 4 aromatic rings. The zero-order valence-corrected chi connectivity index (χ0v) is 28.1. The molecule has 0 spiro atoms. The number of hydrazine groups is 1. The molecular formula is C37H39ClN4O7. The summed E-state index contributed by atoms with van der Waals surface area (Å²) in [5.41, 5.74) is 6.14. The second-order valence-electron chi connectivity index (χ2n) is 11.4. The molecule has 1 aliphatic heterocycles. The van der Waals surface area contributed by atoms with Crippen molar-refractivity contribution in [2.75, 3.05) is 38.1 Å². The summed E-state index contributed by atoms with van der Waals surface area (Å²) in [4.78, 5) is 38.1. The number of amides is 3. The fourth-order valence-corrected chi connectivity index (χ4v) is 5.72. The molecule has 12 heteroatoms. The number of urea groups is 1. The Morgan fingerprint density at radius 1 is 0.796 bits per heavy atom. The van der Waals surface area contributed by atoms with Gasteiger partial charge in [-0.2, -0.15) is 0 Å². The molecule has 0 saturated carbocycles. The van der Waals surface area contributed by atoms with Crippen molar-refractivity contribution in [3.8, 4) is 11.5 Å². The molecule has 0 radical (unpaired) electrons. The van der Waals surface area contributed by atoms with Gasteiger partial charge in [-0.05, 0) is 66.4 Å². The third kappa shape index (κ3) is 9.96. The van der Waals surface area contributed by atoms with E-state index in [0.29, 0.717) is 52.2 Å². The number of rotatable bonds is 14. The molecule has 1 aliphatic rings. The Bertz CT molecular complexity index is 1740. The zero-order valence-electron chi connectivity index (χ0n) is 27.3. The topological polar surface area (TPSA) is 127 Å². The number of halogens is 1. The van der Waals surface area contributed by atoms with E-state index in [0.717, 1.165) is 18.4 Å². The maximum atomic E-state index is 13.5. The summed E-state index contributed by atoms with van der Waals surface area (Å²) in [7, 11) is 2.82. The number of benzene rings is 4. The van der Waals surface area contributed by atoms with Crippen LogP contribution in [0.25, 0.3) is 0 Å². The molecule has 1 fully saturated rings. The molecule has 0 bridgehead atoms. The van der Waals surface area contributed by atoms with Gasteiger partial charge in [-0.25, -0.2) is 14.6 Å². The van der Waals surface area contributed by atoms with E-state index in [1.165, 1.54) is 14.2 Å². The molecule has 1 saturated heterocycles. The van der Waals surface area contributed by atoms with E-state index >= 15 is 0 Å². The first-order valence-corrected chi connectivity index (χ1v) is 16.2. The number of para-hydroxylation sites is 1. The van der Waals surface area contributed by atoms with Crippen LogP contribution < -0.4 is 25.5 Å². The van der Waals surface area contributed by atoms with Crippen LogP contribution in [-0.4, -0.2) is 62.4 Å². The molecule has 5 rings (SSSR count). The van der Waals surface area contributed by atoms with Crippen LogP contribution in [0.2, 0.25) is 5.02 Å². The number of hydrogen-bond donors (Lipinski definition) is 3. The summed E-state index contributed by atoms with van der Waals surface area (Å²) in [6, 6.07) is 28.1. The highest BCUT2D eigenvalue weighted by atomic mass is 35.5. The van der Waals surface area contributed by atoms with Crippen LogP contribution in [-0.2, 0) is 27.3 Å². The Kier molecular flexibility index (Phi) is 12.5. The lowest BCUT2D eigenvalue weighted by Crippen LogP contribution is -2.52. The van der Waals surface area contributed by atoms with Crippen LogP contribution in [0, 0.1) is 0 Å². The summed E-state index contributed by atoms with van der Waals surface area (Å²) >= 11 is 6.16. The minimum Gasteiger partial charge on any atom is -0.495 e. The lowest BCUT2D eigenvalue weighted by molar-refractivity contribution is -0.127. The molecule has 3 amide bonds. The highest BCUT2D eigenvalue weighted by Crippen LogP contribution is 2.28. The van der Waals surface area contributed by atoms with Crippen molar-refractivity contribution < 1.29 is 33.3 Å². The van der Waals surface area contributed by atoms with Gasteiger partial charge >= 0.3 is 12.0 Å². The summed E-state index contributed by atoms with van der Waals surface area (Å²) in [6.45, 7) is 1.15. The molecule has 11 nitrogen and oxygen atoms in total. The van der Waals surface area contributed by atoms with Crippen molar-refractivity contribution in [1.29, 1.82) is 0 Å². The number of carbonyl (C=O) groups is 3. The number of methoxy groups -OCH3 is 2. The third-order valence-electron chi connectivity index (χ3n) is 7.99. The number of nitrogens with zero attached hydrogens (tertiary/aromatic N) is 1. The second kappa shape index (κ2) is 17.3. The van der Waals surface area contributed by atoms with Crippen molar-refractivity contribution >= 4 is 40.9 Å². The molecule has 4 aromatic carbocycles. The van der Waals surface area contributed by atoms with E-state index in [-0.39, 0.29) is 31.0 Å². The minimum atomic E-state index is -0.489. The average Bonchev–Trinajstić information content (AvgIpc) is 3.49. The second-order valence-corrected chi connectivity index (χ2v) is 11.8. The first-order valence-electron chi connectivity index (χ1n) is 15.8. The Balaban J connectivity index is 1.23. The van der Waals surface area contributed by atoms with E-state index in [1.807, 2.05) is 35.3 Å². The van der Waals surface area contributed by atoms with E-state index in [1.54, 1.807) is 66.7 Å². The number of carbonyl (C=O) groups excluding carboxylic acids is 3. The van der Waals surface area contributed by atoms with Gasteiger partial charge in [0.2, 0.25) is 5.91 Å². The number of esters is 1. The zero-order chi connectivity index (χ0) is 34.6. The predicted octanol–water partition coefficient (Wildman–Crippen LogP) is 6.48. The molecule has 0 unspecified atom stereocenters. The van der Waals surface area contributed by atoms with Crippen molar-refractivity contribution in [2.24, 2.45) is 0 Å². The Labute approximate surface area is 290 Å². The summed E-state index contributed by atoms with van der Waals surface area (Å²) < 4.78 is 22.5. The van der Waals surface area contributed by atoms with Crippen LogP contribution in [0.1, 0.15) is 34.3 Å². The fraction of sp³-hybridized carbons (Fsp3) is 0.270. The molecule has 49 heavy (non-hydrogen) atoms. The third-order valence-corrected chi connectivity index (χ3v) is 8.32. The Morgan fingerprint density at radius 2 is 1.53 bits per heavy atom. The van der Waals surface area contributed by atoms with E-state index in [9.17, 15) is 14.4 Å². The smallest absolute Gasteiger partial charge is 0.337 e. The molecule has 2 atom stereocenters. The standard InChI is InChI=1S/C37H39ClN4O7/c1-46-34-19-26(15-18-33(34)40-37(45)39-32-14-7-6-13-31(32)38)20-35(43)41-42-28(23-48-22-25-9-4-3-5-10-25)16-17-29(42)24-49-30-12-8-11-27(21-30)36(44)47-2/h3-15,18-19,21,28-29H,16-17,20,22-24H2,1-2H3,(H,41,43)(H2,39,40,45)/t28-,29+/m1/s1. The first-order chi connectivity index (χ1) is 23.8. The van der Waals surface area contributed by atoms with Crippen molar-refractivity contribution in [3.05, 3.63) is 119 Å². The van der Waals surface area contributed by atoms with Crippen LogP contribution in [0.4, 0.5) is 16.2 Å². The van der Waals surface area contributed by atoms with Gasteiger partial charge in [-0.15, -0.1) is 0 Å². The molecule has 256 valence electrons. The summed E-state index contributed by atoms with van der Waals surface area (Å²) in [5.74, 6) is 0.247. The van der Waals surface area contributed by atoms with Gasteiger partial charge in [0, 0.05) is 0 Å². The highest BCUT2D eigenvalue weighted by Gasteiger charge is 2.35. The van der Waals surface area contributed by atoms with Crippen LogP contribution in [0.5, 0.6) is 11.5 Å². The predicted molar refractivity (Wildman–Crippen MR) is 187 cm³/mol. The van der Waals surface area contributed by atoms with Gasteiger partial charge in [0.15, 0.2) is 0 Å². The summed E-state index contributed by atoms with van der Waals surface area (Å²) in [5, 5.41) is 7.81. The van der Waals surface area contributed by atoms with Gasteiger partial charge in [-0.1, -0.05) is 66.2 Å². The first kappa shape index (κ1) is 35.2. The summed E-state index contributed by atoms with van der Waals surface area (Å²) in [6.07, 6.45) is 1.61. The van der Waals surface area contributed by atoms with Gasteiger partial charge in [0.05, 0.1) is 67.9 Å². The maximum Gasteiger partial charge on any atom is 0.337 e. The Hall–Kier alpha value is -5.10. The largest absolute Gasteiger partial charge is 0.495 e.